The Bertz CT molecular complexity index is 731. The Hall–Kier alpha value is -1.56. The van der Waals surface area contributed by atoms with Gasteiger partial charge in [0, 0.05) is 17.4 Å². The third kappa shape index (κ3) is 4.46. The molecule has 0 bridgehead atoms. The quantitative estimate of drug-likeness (QED) is 0.926. The molecule has 114 valence electrons. The Balaban J connectivity index is 0.00000200. The molecule has 1 amide bonds. The van der Waals surface area contributed by atoms with E-state index in [4.69, 9.17) is 5.73 Å². The molecule has 0 radical (unpaired) electrons. The van der Waals surface area contributed by atoms with Crippen LogP contribution in [0.1, 0.15) is 10.4 Å². The predicted octanol–water partition coefficient (Wildman–Crippen LogP) is 2.70. The lowest BCUT2D eigenvalue weighted by Crippen LogP contribution is -2.12. The maximum Gasteiger partial charge on any atom is 0.248 e. The van der Waals surface area contributed by atoms with Gasteiger partial charge in [0.2, 0.25) is 5.91 Å². The highest BCUT2D eigenvalue weighted by Gasteiger charge is 2.16. The molecule has 2 aromatic carbocycles. The van der Waals surface area contributed by atoms with Crippen LogP contribution in [0.15, 0.2) is 53.4 Å². The van der Waals surface area contributed by atoms with Crippen LogP contribution in [0.5, 0.6) is 0 Å². The summed E-state index contributed by atoms with van der Waals surface area (Å²) in [6.07, 6.45) is 1.11. The summed E-state index contributed by atoms with van der Waals surface area (Å²) >= 11 is 0. The van der Waals surface area contributed by atoms with Crippen LogP contribution in [-0.2, 0) is 9.84 Å². The molecule has 2 aromatic rings. The number of hydrogen-bond donors (Lipinski definition) is 1. The van der Waals surface area contributed by atoms with E-state index in [0.717, 1.165) is 11.8 Å². The van der Waals surface area contributed by atoms with Crippen molar-refractivity contribution >= 4 is 40.6 Å². The summed E-state index contributed by atoms with van der Waals surface area (Å²) in [5, 5.41) is 0. The molecular weight excluding hydrogens is 333 g/mol. The first-order valence-electron chi connectivity index (χ1n) is 5.59. The van der Waals surface area contributed by atoms with Crippen molar-refractivity contribution in [3.05, 3.63) is 54.1 Å². The van der Waals surface area contributed by atoms with Crippen LogP contribution < -0.4 is 5.73 Å². The minimum Gasteiger partial charge on any atom is -0.366 e. The van der Waals surface area contributed by atoms with E-state index >= 15 is 0 Å². The second-order valence-electron chi connectivity index (χ2n) is 4.21. The first-order chi connectivity index (χ1) is 8.89. The zero-order valence-corrected chi connectivity index (χ0v) is 13.6. The molecule has 0 aliphatic heterocycles. The number of halogens is 2. The first kappa shape index (κ1) is 19.4. The van der Waals surface area contributed by atoms with E-state index in [0.29, 0.717) is 5.56 Å². The van der Waals surface area contributed by atoms with Gasteiger partial charge < -0.3 is 5.73 Å². The molecule has 0 atom stereocenters. The summed E-state index contributed by atoms with van der Waals surface area (Å²) in [6, 6.07) is 13.6. The SMILES string of the molecule is CS(=O)(=O)c1cc(C(N)=O)ccc1-c1ccccc1.Cl.Cl. The lowest BCUT2D eigenvalue weighted by molar-refractivity contribution is 0.1000. The summed E-state index contributed by atoms with van der Waals surface area (Å²) in [5.41, 5.74) is 6.70. The van der Waals surface area contributed by atoms with Gasteiger partial charge in [-0.1, -0.05) is 36.4 Å². The highest BCUT2D eigenvalue weighted by Crippen LogP contribution is 2.28. The number of nitrogens with two attached hydrogens (primary N) is 1. The topological polar surface area (TPSA) is 77.2 Å². The number of carbonyl (C=O) groups excluding carboxylic acids is 1. The van der Waals surface area contributed by atoms with Gasteiger partial charge in [0.1, 0.15) is 0 Å². The standard InChI is InChI=1S/C14H13NO3S.2ClH/c1-19(17,18)13-9-11(14(15)16)7-8-12(13)10-5-3-2-4-6-10;;/h2-9H,1H3,(H2,15,16);2*1H. The fraction of sp³-hybridized carbons (Fsp3) is 0.0714. The third-order valence-electron chi connectivity index (χ3n) is 2.75. The fourth-order valence-corrected chi connectivity index (χ4v) is 2.76. The molecule has 0 spiro atoms. The molecule has 21 heavy (non-hydrogen) atoms. The molecule has 2 N–H and O–H groups in total. The number of amides is 1. The van der Waals surface area contributed by atoms with Gasteiger partial charge in [-0.2, -0.15) is 0 Å². The van der Waals surface area contributed by atoms with E-state index in [-0.39, 0.29) is 35.3 Å². The predicted molar refractivity (Wildman–Crippen MR) is 88.0 cm³/mol. The van der Waals surface area contributed by atoms with Crippen molar-refractivity contribution in [2.75, 3.05) is 6.26 Å². The average Bonchev–Trinajstić information content (AvgIpc) is 2.38. The first-order valence-corrected chi connectivity index (χ1v) is 7.48. The Morgan fingerprint density at radius 1 is 1.00 bits per heavy atom. The van der Waals surface area contributed by atoms with E-state index < -0.39 is 15.7 Å². The molecule has 0 heterocycles. The molecule has 2 rings (SSSR count). The summed E-state index contributed by atoms with van der Waals surface area (Å²) in [7, 11) is -3.45. The summed E-state index contributed by atoms with van der Waals surface area (Å²) < 4.78 is 23.7. The second kappa shape index (κ2) is 7.45. The van der Waals surface area contributed by atoms with Crippen molar-refractivity contribution in [2.24, 2.45) is 5.73 Å². The van der Waals surface area contributed by atoms with Gasteiger partial charge in [0.25, 0.3) is 0 Å². The smallest absolute Gasteiger partial charge is 0.248 e. The zero-order valence-electron chi connectivity index (χ0n) is 11.1. The van der Waals surface area contributed by atoms with Crippen molar-refractivity contribution < 1.29 is 13.2 Å². The number of sulfone groups is 1. The van der Waals surface area contributed by atoms with E-state index in [1.54, 1.807) is 6.07 Å². The summed E-state index contributed by atoms with van der Waals surface area (Å²) in [4.78, 5) is 11.3. The Morgan fingerprint density at radius 2 is 1.57 bits per heavy atom. The van der Waals surface area contributed by atoms with Crippen molar-refractivity contribution in [3.63, 3.8) is 0 Å². The third-order valence-corrected chi connectivity index (χ3v) is 3.89. The average molecular weight is 348 g/mol. The van der Waals surface area contributed by atoms with Crippen LogP contribution in [-0.4, -0.2) is 20.6 Å². The van der Waals surface area contributed by atoms with Crippen LogP contribution >= 0.6 is 24.8 Å². The van der Waals surface area contributed by atoms with Crippen LogP contribution in [0, 0.1) is 0 Å². The number of hydrogen-bond acceptors (Lipinski definition) is 3. The molecule has 0 aromatic heterocycles. The highest BCUT2D eigenvalue weighted by atomic mass is 35.5. The lowest BCUT2D eigenvalue weighted by Gasteiger charge is -2.09. The Labute approximate surface area is 136 Å². The normalized spacial score (nSPS) is 10.1. The van der Waals surface area contributed by atoms with Crippen molar-refractivity contribution in [1.82, 2.24) is 0 Å². The van der Waals surface area contributed by atoms with Crippen molar-refractivity contribution in [1.29, 1.82) is 0 Å². The maximum atomic E-state index is 11.8. The van der Waals surface area contributed by atoms with Crippen molar-refractivity contribution in [3.8, 4) is 11.1 Å². The van der Waals surface area contributed by atoms with Crippen LogP contribution in [0.4, 0.5) is 0 Å². The number of rotatable bonds is 3. The van der Waals surface area contributed by atoms with E-state index in [9.17, 15) is 13.2 Å². The monoisotopic (exact) mass is 347 g/mol. The van der Waals surface area contributed by atoms with E-state index in [2.05, 4.69) is 0 Å². The van der Waals surface area contributed by atoms with Crippen molar-refractivity contribution in [2.45, 2.75) is 4.90 Å². The highest BCUT2D eigenvalue weighted by molar-refractivity contribution is 7.90. The molecule has 0 aliphatic carbocycles. The Kier molecular flexibility index (Phi) is 6.90. The second-order valence-corrected chi connectivity index (χ2v) is 6.20. The summed E-state index contributed by atoms with van der Waals surface area (Å²) in [5.74, 6) is -0.649. The van der Waals surface area contributed by atoms with Gasteiger partial charge in [-0.15, -0.1) is 24.8 Å². The molecule has 4 nitrogen and oxygen atoms in total. The molecule has 0 fully saturated rings. The van der Waals surface area contributed by atoms with Gasteiger partial charge in [-0.05, 0) is 17.7 Å². The molecule has 0 saturated heterocycles. The number of primary amides is 1. The lowest BCUT2D eigenvalue weighted by atomic mass is 10.0. The molecule has 0 aliphatic rings. The number of carbonyl (C=O) groups is 1. The van der Waals surface area contributed by atoms with Gasteiger partial charge in [0.15, 0.2) is 9.84 Å². The zero-order chi connectivity index (χ0) is 14.0. The molecular formula is C14H15Cl2NO3S. The van der Waals surface area contributed by atoms with Crippen LogP contribution in [0.3, 0.4) is 0 Å². The number of benzene rings is 2. The van der Waals surface area contributed by atoms with Gasteiger partial charge in [-0.3, -0.25) is 4.79 Å². The van der Waals surface area contributed by atoms with E-state index in [1.165, 1.54) is 12.1 Å². The molecule has 0 saturated carbocycles. The maximum absolute atomic E-state index is 11.8. The minimum atomic E-state index is -3.45. The fourth-order valence-electron chi connectivity index (χ4n) is 1.84. The van der Waals surface area contributed by atoms with Gasteiger partial charge >= 0.3 is 0 Å². The van der Waals surface area contributed by atoms with Crippen LogP contribution in [0.2, 0.25) is 0 Å². The molecule has 7 heteroatoms. The minimum absolute atomic E-state index is 0. The molecule has 0 unspecified atom stereocenters. The van der Waals surface area contributed by atoms with E-state index in [1.807, 2.05) is 30.3 Å². The van der Waals surface area contributed by atoms with Crippen LogP contribution in [0.25, 0.3) is 11.1 Å². The largest absolute Gasteiger partial charge is 0.366 e. The Morgan fingerprint density at radius 3 is 2.05 bits per heavy atom. The van der Waals surface area contributed by atoms with Gasteiger partial charge in [0.05, 0.1) is 4.90 Å². The van der Waals surface area contributed by atoms with Gasteiger partial charge in [-0.25, -0.2) is 8.42 Å². The summed E-state index contributed by atoms with van der Waals surface area (Å²) in [6.45, 7) is 0.